The summed E-state index contributed by atoms with van der Waals surface area (Å²) in [5, 5.41) is 2.23. The summed E-state index contributed by atoms with van der Waals surface area (Å²) in [6.07, 6.45) is 0. The van der Waals surface area contributed by atoms with Crippen molar-refractivity contribution in [2.75, 3.05) is 0 Å². The highest BCUT2D eigenvalue weighted by atomic mass is 79.9. The molecule has 98 valence electrons. The van der Waals surface area contributed by atoms with E-state index in [0.29, 0.717) is 5.56 Å². The molecule has 0 radical (unpaired) electrons. The van der Waals surface area contributed by atoms with E-state index >= 15 is 0 Å². The number of fused-ring (bicyclic) bond motifs is 1. The summed E-state index contributed by atoms with van der Waals surface area (Å²) in [6.45, 7) is 2.01. The smallest absolute Gasteiger partial charge is 0.193 e. The molecule has 0 N–H and O–H groups in total. The number of carbonyl (C=O) groups is 1. The molecule has 0 unspecified atom stereocenters. The van der Waals surface area contributed by atoms with Crippen LogP contribution >= 0.6 is 15.9 Å². The van der Waals surface area contributed by atoms with Crippen molar-refractivity contribution in [3.63, 3.8) is 0 Å². The molecule has 3 aromatic carbocycles. The average molecular weight is 325 g/mol. The number of hydrogen-bond acceptors (Lipinski definition) is 1. The predicted octanol–water partition coefficient (Wildman–Crippen LogP) is 5.14. The van der Waals surface area contributed by atoms with Crippen molar-refractivity contribution in [3.8, 4) is 0 Å². The second-order valence-electron chi connectivity index (χ2n) is 4.86. The van der Waals surface area contributed by atoms with Crippen LogP contribution in [-0.2, 0) is 0 Å². The minimum atomic E-state index is 0.0523. The molecule has 20 heavy (non-hydrogen) atoms. The monoisotopic (exact) mass is 324 g/mol. The van der Waals surface area contributed by atoms with Crippen LogP contribution in [-0.4, -0.2) is 5.78 Å². The Labute approximate surface area is 126 Å². The van der Waals surface area contributed by atoms with Gasteiger partial charge in [0.15, 0.2) is 5.78 Å². The van der Waals surface area contributed by atoms with Gasteiger partial charge in [-0.25, -0.2) is 0 Å². The first-order valence-electron chi connectivity index (χ1n) is 6.45. The second kappa shape index (κ2) is 5.22. The molecule has 0 aliphatic heterocycles. The largest absolute Gasteiger partial charge is 0.289 e. The summed E-state index contributed by atoms with van der Waals surface area (Å²) >= 11 is 3.47. The van der Waals surface area contributed by atoms with Crippen LogP contribution in [0.5, 0.6) is 0 Å². The number of benzene rings is 3. The third kappa shape index (κ3) is 2.39. The second-order valence-corrected chi connectivity index (χ2v) is 5.71. The lowest BCUT2D eigenvalue weighted by Gasteiger charge is -2.05. The SMILES string of the molecule is Cc1ccc(C(=O)c2ccc3ccccc3c2)cc1Br. The Kier molecular flexibility index (Phi) is 3.41. The summed E-state index contributed by atoms with van der Waals surface area (Å²) in [6, 6.07) is 19.6. The van der Waals surface area contributed by atoms with Gasteiger partial charge in [0.25, 0.3) is 0 Å². The summed E-state index contributed by atoms with van der Waals surface area (Å²) in [7, 11) is 0. The standard InChI is InChI=1S/C18H13BrO/c1-12-6-7-16(11-17(12)19)18(20)15-9-8-13-4-2-3-5-14(13)10-15/h2-11H,1H3. The first-order valence-corrected chi connectivity index (χ1v) is 7.24. The molecule has 0 atom stereocenters. The number of aryl methyl sites for hydroxylation is 1. The molecule has 0 bridgehead atoms. The summed E-state index contributed by atoms with van der Waals surface area (Å²) in [5.41, 5.74) is 2.55. The minimum Gasteiger partial charge on any atom is -0.289 e. The van der Waals surface area contributed by atoms with Crippen molar-refractivity contribution in [2.24, 2.45) is 0 Å². The van der Waals surface area contributed by atoms with Crippen molar-refractivity contribution in [2.45, 2.75) is 6.92 Å². The van der Waals surface area contributed by atoms with Crippen molar-refractivity contribution in [1.29, 1.82) is 0 Å². The Balaban J connectivity index is 2.05. The van der Waals surface area contributed by atoms with Gasteiger partial charge in [-0.1, -0.05) is 64.5 Å². The average Bonchev–Trinajstić information content (AvgIpc) is 2.49. The highest BCUT2D eigenvalue weighted by molar-refractivity contribution is 9.10. The van der Waals surface area contributed by atoms with Crippen molar-refractivity contribution < 1.29 is 4.79 Å². The van der Waals surface area contributed by atoms with Crippen LogP contribution in [0.2, 0.25) is 0 Å². The predicted molar refractivity (Wildman–Crippen MR) is 86.3 cm³/mol. The Morgan fingerprint density at radius 1 is 0.850 bits per heavy atom. The highest BCUT2D eigenvalue weighted by Gasteiger charge is 2.10. The molecule has 0 amide bonds. The van der Waals surface area contributed by atoms with Gasteiger partial charge in [0.2, 0.25) is 0 Å². The van der Waals surface area contributed by atoms with Crippen LogP contribution in [0.4, 0.5) is 0 Å². The number of halogens is 1. The fourth-order valence-corrected chi connectivity index (χ4v) is 2.61. The minimum absolute atomic E-state index is 0.0523. The molecular weight excluding hydrogens is 312 g/mol. The third-order valence-electron chi connectivity index (χ3n) is 3.45. The maximum atomic E-state index is 12.5. The van der Waals surface area contributed by atoms with Crippen LogP contribution in [0, 0.1) is 6.92 Å². The first kappa shape index (κ1) is 13.1. The Bertz CT molecular complexity index is 805. The lowest BCUT2D eigenvalue weighted by molar-refractivity contribution is 0.103. The number of hydrogen-bond donors (Lipinski definition) is 0. The van der Waals surface area contributed by atoms with Crippen molar-refractivity contribution >= 4 is 32.5 Å². The Morgan fingerprint density at radius 3 is 2.25 bits per heavy atom. The summed E-state index contributed by atoms with van der Waals surface area (Å²) in [4.78, 5) is 12.5. The third-order valence-corrected chi connectivity index (χ3v) is 4.30. The van der Waals surface area contributed by atoms with Crippen LogP contribution in [0.1, 0.15) is 21.5 Å². The van der Waals surface area contributed by atoms with Gasteiger partial charge < -0.3 is 0 Å². The number of ketones is 1. The molecule has 0 saturated heterocycles. The van der Waals surface area contributed by atoms with Crippen LogP contribution < -0.4 is 0 Å². The molecule has 0 aromatic heterocycles. The van der Waals surface area contributed by atoms with Gasteiger partial charge >= 0.3 is 0 Å². The van der Waals surface area contributed by atoms with Crippen LogP contribution in [0.3, 0.4) is 0 Å². The molecular formula is C18H13BrO. The lowest BCUT2D eigenvalue weighted by atomic mass is 9.99. The molecule has 0 saturated carbocycles. The quantitative estimate of drug-likeness (QED) is 0.596. The van der Waals surface area contributed by atoms with E-state index in [4.69, 9.17) is 0 Å². The summed E-state index contributed by atoms with van der Waals surface area (Å²) in [5.74, 6) is 0.0523. The van der Waals surface area contributed by atoms with E-state index < -0.39 is 0 Å². The highest BCUT2D eigenvalue weighted by Crippen LogP contribution is 2.22. The van der Waals surface area contributed by atoms with Gasteiger partial charge in [0, 0.05) is 15.6 Å². The molecule has 0 heterocycles. The van der Waals surface area contributed by atoms with Gasteiger partial charge in [-0.3, -0.25) is 4.79 Å². The van der Waals surface area contributed by atoms with E-state index in [2.05, 4.69) is 15.9 Å². The zero-order chi connectivity index (χ0) is 14.1. The van der Waals surface area contributed by atoms with Crippen LogP contribution in [0.25, 0.3) is 10.8 Å². The topological polar surface area (TPSA) is 17.1 Å². The van der Waals surface area contributed by atoms with E-state index in [1.165, 1.54) is 0 Å². The van der Waals surface area contributed by atoms with Gasteiger partial charge in [0.05, 0.1) is 0 Å². The lowest BCUT2D eigenvalue weighted by Crippen LogP contribution is -2.01. The van der Waals surface area contributed by atoms with E-state index in [-0.39, 0.29) is 5.78 Å². The number of rotatable bonds is 2. The van der Waals surface area contributed by atoms with Crippen molar-refractivity contribution in [3.05, 3.63) is 81.8 Å². The van der Waals surface area contributed by atoms with Gasteiger partial charge in [-0.15, -0.1) is 0 Å². The van der Waals surface area contributed by atoms with Crippen LogP contribution in [0.15, 0.2) is 65.1 Å². The molecule has 1 nitrogen and oxygen atoms in total. The Morgan fingerprint density at radius 2 is 1.50 bits per heavy atom. The Hall–Kier alpha value is -1.93. The van der Waals surface area contributed by atoms with Gasteiger partial charge in [-0.05, 0) is 35.4 Å². The molecule has 3 rings (SSSR count). The number of carbonyl (C=O) groups excluding carboxylic acids is 1. The summed E-state index contributed by atoms with van der Waals surface area (Å²) < 4.78 is 0.962. The van der Waals surface area contributed by atoms with E-state index in [0.717, 1.165) is 26.4 Å². The zero-order valence-corrected chi connectivity index (χ0v) is 12.6. The first-order chi connectivity index (χ1) is 9.65. The maximum Gasteiger partial charge on any atom is 0.193 e. The fraction of sp³-hybridized carbons (Fsp3) is 0.0556. The molecule has 0 spiro atoms. The van der Waals surface area contributed by atoms with Gasteiger partial charge in [0.1, 0.15) is 0 Å². The molecule has 2 heteroatoms. The van der Waals surface area contributed by atoms with Crippen molar-refractivity contribution in [1.82, 2.24) is 0 Å². The van der Waals surface area contributed by atoms with E-state index in [9.17, 15) is 4.79 Å². The van der Waals surface area contributed by atoms with E-state index in [1.54, 1.807) is 0 Å². The molecule has 0 fully saturated rings. The molecule has 3 aromatic rings. The maximum absolute atomic E-state index is 12.5. The molecule has 0 aliphatic carbocycles. The molecule has 0 aliphatic rings. The fourth-order valence-electron chi connectivity index (χ4n) is 2.23. The van der Waals surface area contributed by atoms with Gasteiger partial charge in [-0.2, -0.15) is 0 Å². The zero-order valence-electron chi connectivity index (χ0n) is 11.1. The normalized spacial score (nSPS) is 10.7. The van der Waals surface area contributed by atoms with E-state index in [1.807, 2.05) is 67.6 Å².